The molecule has 1 aliphatic rings. The van der Waals surface area contributed by atoms with E-state index in [1.165, 1.54) is 26.4 Å². The summed E-state index contributed by atoms with van der Waals surface area (Å²) in [5, 5.41) is 9.03. The first-order valence-corrected chi connectivity index (χ1v) is 20.4. The molecule has 0 aromatic heterocycles. The predicted molar refractivity (Wildman–Crippen MR) is 202 cm³/mol. The summed E-state index contributed by atoms with van der Waals surface area (Å²) in [7, 11) is 1.58. The molecule has 1 fully saturated rings. The van der Waals surface area contributed by atoms with Crippen molar-refractivity contribution in [1.82, 2.24) is 25.8 Å². The first-order valence-electron chi connectivity index (χ1n) is 19.0. The molecule has 56 heavy (non-hydrogen) atoms. The number of amides is 4. The van der Waals surface area contributed by atoms with Gasteiger partial charge >= 0.3 is 59.1 Å². The Balaban J connectivity index is 0.0000151. The fraction of sp³-hybridized carbons (Fsp3) is 0.737. The molecule has 1 aromatic carbocycles. The Hall–Kier alpha value is -1.07. The number of carbonyl (C=O) groups is 4. The minimum atomic E-state index is -5.15. The van der Waals surface area contributed by atoms with E-state index in [9.17, 15) is 33.5 Å². The van der Waals surface area contributed by atoms with Crippen LogP contribution in [0.15, 0.2) is 24.3 Å². The van der Waals surface area contributed by atoms with Gasteiger partial charge in [-0.2, -0.15) is 0 Å². The van der Waals surface area contributed by atoms with Crippen LogP contribution in [0.4, 0.5) is 0 Å². The summed E-state index contributed by atoms with van der Waals surface area (Å²) in [5.41, 5.74) is 0.797. The van der Waals surface area contributed by atoms with Crippen LogP contribution in [-0.4, -0.2) is 111 Å². The Labute approximate surface area is 378 Å². The number of benzene rings is 1. The van der Waals surface area contributed by atoms with Crippen molar-refractivity contribution in [1.29, 1.82) is 0 Å². The Morgan fingerprint density at radius 1 is 0.911 bits per heavy atom. The number of nitrogens with zero attached hydrogens (tertiary/aromatic N) is 2. The molecule has 3 N–H and O–H groups in total. The first-order chi connectivity index (χ1) is 25.3. The van der Waals surface area contributed by atoms with E-state index in [2.05, 4.69) is 20.5 Å². The van der Waals surface area contributed by atoms with E-state index in [0.29, 0.717) is 32.4 Å². The maximum Gasteiger partial charge on any atom is 1.00 e. The molecule has 0 spiro atoms. The second-order valence-electron chi connectivity index (χ2n) is 15.3. The van der Waals surface area contributed by atoms with Crippen LogP contribution in [-0.2, 0) is 39.6 Å². The van der Waals surface area contributed by atoms with Gasteiger partial charge in [0.2, 0.25) is 23.6 Å². The zero-order chi connectivity index (χ0) is 40.9. The fourth-order valence-electron chi connectivity index (χ4n) is 7.29. The Kier molecular flexibility index (Phi) is 25.7. The van der Waals surface area contributed by atoms with E-state index >= 15 is 0 Å². The van der Waals surface area contributed by atoms with Crippen molar-refractivity contribution in [3.63, 3.8) is 0 Å². The van der Waals surface area contributed by atoms with Crippen LogP contribution in [0, 0.1) is 23.7 Å². The quantitative estimate of drug-likeness (QED) is 0.0758. The molecule has 0 saturated carbocycles. The second-order valence-corrected chi connectivity index (χ2v) is 16.4. The van der Waals surface area contributed by atoms with Crippen LogP contribution in [0.5, 0.6) is 5.75 Å². The number of hydrogen-bond acceptors (Lipinski definition) is 11. The molecule has 1 aliphatic heterocycles. The fourth-order valence-corrected chi connectivity index (χ4v) is 7.67. The van der Waals surface area contributed by atoms with Gasteiger partial charge in [-0.1, -0.05) is 67.0 Å². The Morgan fingerprint density at radius 3 is 2.00 bits per heavy atom. The molecule has 308 valence electrons. The van der Waals surface area contributed by atoms with Gasteiger partial charge in [0.15, 0.2) is 0 Å². The second kappa shape index (κ2) is 26.2. The maximum atomic E-state index is 14.0. The van der Waals surface area contributed by atoms with Gasteiger partial charge in [-0.25, -0.2) is 0 Å². The third kappa shape index (κ3) is 16.9. The molecule has 0 aliphatic carbocycles. The molecule has 0 radical (unpaired) electrons. The molecule has 4 amide bonds. The maximum absolute atomic E-state index is 14.0. The van der Waals surface area contributed by atoms with E-state index in [1.807, 2.05) is 60.5 Å². The SMILES string of the molecule is CC[C@H](C)[C@H](NC(=O)[C@@H](NC(=O)[C@H](C(C)C)N(C)C)C(C)C)[C@@H](CC(=O)N1CCC[C@H]1[C@H](OC)[C@@H](C)C(=O)NCCc1ccc(OP(=O)([O-])[O-])cc1)OC.[Na+].[Na+]. The average molecular weight is 828 g/mol. The normalized spacial score (nSPS) is 18.1. The van der Waals surface area contributed by atoms with Crippen LogP contribution < -0.4 is 89.4 Å². The van der Waals surface area contributed by atoms with Crippen molar-refractivity contribution in [2.75, 3.05) is 41.4 Å². The Morgan fingerprint density at radius 2 is 1.52 bits per heavy atom. The molecule has 0 unspecified atom stereocenters. The van der Waals surface area contributed by atoms with Crippen molar-refractivity contribution in [3.05, 3.63) is 29.8 Å². The number of phosphoric ester groups is 1. The standard InChI is InChI=1S/C38H66N5O10P.2Na/c1-12-25(6)33(41-37(46)32(23(2)3)40-38(47)34(24(4)5)42(8)9)30(51-10)22-31(44)43-21-13-14-29(43)35(52-11)26(7)36(45)39-20-19-27-15-17-28(18-16-27)53-54(48,49)50;;/h15-18,23-26,29-30,32-35H,12-14,19-22H2,1-11H3,(H,39,45)(H,40,47)(H,41,46)(H2,48,49,50);;/q;2*+1/p-2/t25-,26+,29-,30+,32-,33-,34-,35+;;/m0../s1. The zero-order valence-corrected chi connectivity index (χ0v) is 40.9. The third-order valence-corrected chi connectivity index (χ3v) is 10.8. The van der Waals surface area contributed by atoms with E-state index in [-0.39, 0.29) is 119 Å². The number of rotatable bonds is 22. The minimum absolute atomic E-state index is 0. The van der Waals surface area contributed by atoms with Gasteiger partial charge in [-0.15, -0.1) is 0 Å². The number of methoxy groups -OCH3 is 2. The molecule has 0 bridgehead atoms. The van der Waals surface area contributed by atoms with Crippen LogP contribution in [0.2, 0.25) is 0 Å². The van der Waals surface area contributed by atoms with Gasteiger partial charge in [-0.05, 0) is 68.8 Å². The molecule has 1 aromatic rings. The molecule has 15 nitrogen and oxygen atoms in total. The first kappa shape index (κ1) is 54.9. The van der Waals surface area contributed by atoms with Crippen molar-refractivity contribution < 1.29 is 107 Å². The summed E-state index contributed by atoms with van der Waals surface area (Å²) in [6, 6.07) is 3.90. The Bertz CT molecular complexity index is 1410. The summed E-state index contributed by atoms with van der Waals surface area (Å²) in [6.07, 6.45) is 1.31. The van der Waals surface area contributed by atoms with Gasteiger partial charge in [0.1, 0.15) is 19.6 Å². The van der Waals surface area contributed by atoms with Crippen LogP contribution in [0.25, 0.3) is 0 Å². The summed E-state index contributed by atoms with van der Waals surface area (Å²) in [5.74, 6) is -1.86. The third-order valence-electron chi connectivity index (χ3n) is 10.4. The summed E-state index contributed by atoms with van der Waals surface area (Å²) in [4.78, 5) is 79.7. The van der Waals surface area contributed by atoms with Gasteiger partial charge in [-0.3, -0.25) is 24.1 Å². The monoisotopic (exact) mass is 827 g/mol. The summed E-state index contributed by atoms with van der Waals surface area (Å²) in [6.45, 7) is 14.2. The molecule has 2 rings (SSSR count). The molecule has 1 heterocycles. The number of phosphoric acid groups is 1. The largest absolute Gasteiger partial charge is 1.00 e. The number of nitrogens with one attached hydrogen (secondary N) is 3. The number of likely N-dealkylation sites (tertiary alicyclic amines) is 1. The van der Waals surface area contributed by atoms with Crippen molar-refractivity contribution in [3.8, 4) is 5.75 Å². The molecular weight excluding hydrogens is 763 g/mol. The molecule has 18 heteroatoms. The number of carbonyl (C=O) groups excluding carboxylic acids is 4. The van der Waals surface area contributed by atoms with E-state index in [4.69, 9.17) is 9.47 Å². The van der Waals surface area contributed by atoms with Gasteiger partial charge in [0.05, 0.1) is 42.7 Å². The van der Waals surface area contributed by atoms with E-state index in [1.54, 1.807) is 24.0 Å². The van der Waals surface area contributed by atoms with Gasteiger partial charge < -0.3 is 49.2 Å². The van der Waals surface area contributed by atoms with Crippen LogP contribution >= 0.6 is 7.82 Å². The molecular formula is C38H64N5Na2O10P. The van der Waals surface area contributed by atoms with Gasteiger partial charge in [0.25, 0.3) is 0 Å². The smallest absolute Gasteiger partial charge is 0.780 e. The van der Waals surface area contributed by atoms with E-state index in [0.717, 1.165) is 12.0 Å². The van der Waals surface area contributed by atoms with Crippen LogP contribution in [0.1, 0.15) is 79.7 Å². The van der Waals surface area contributed by atoms with Gasteiger partial charge in [0, 0.05) is 27.3 Å². The van der Waals surface area contributed by atoms with Crippen LogP contribution in [0.3, 0.4) is 0 Å². The minimum Gasteiger partial charge on any atom is -0.780 e. The predicted octanol–water partition coefficient (Wildman–Crippen LogP) is -4.13. The topological polar surface area (TPSA) is 202 Å². The zero-order valence-electron chi connectivity index (χ0n) is 36.0. The van der Waals surface area contributed by atoms with Crippen molar-refractivity contribution >= 4 is 31.5 Å². The molecule has 8 atom stereocenters. The number of hydrogen-bond donors (Lipinski definition) is 3. The summed E-state index contributed by atoms with van der Waals surface area (Å²) >= 11 is 0. The van der Waals surface area contributed by atoms with Crippen molar-refractivity contribution in [2.45, 2.75) is 117 Å². The number of likely N-dealkylation sites (N-methyl/N-ethyl adjacent to an activating group) is 1. The molecule has 1 saturated heterocycles. The number of ether oxygens (including phenoxy) is 2. The summed E-state index contributed by atoms with van der Waals surface area (Å²) < 4.78 is 27.0. The van der Waals surface area contributed by atoms with E-state index < -0.39 is 44.1 Å². The van der Waals surface area contributed by atoms with Crippen molar-refractivity contribution in [2.24, 2.45) is 23.7 Å². The average Bonchev–Trinajstić information content (AvgIpc) is 3.57.